The van der Waals surface area contributed by atoms with Gasteiger partial charge in [-0.05, 0) is 73.7 Å². The number of carbonyl (C=O) groups is 2. The fraction of sp³-hybridized carbons (Fsp3) is 0.241. The van der Waals surface area contributed by atoms with Crippen LogP contribution in [-0.2, 0) is 16.1 Å². The zero-order valence-corrected chi connectivity index (χ0v) is 21.4. The standard InChI is InChI=1S/C29H27F2N5O3/c1-2-39-29(38)22-4-3-5-25(18-22)34-14-16-35(17-15-34)26(37)19-36-28(21-8-12-24(31)13-9-21)32-27(33-36)20-6-10-23(30)11-7-20/h3-13,18H,2,14-17,19H2,1H3. The number of rotatable bonds is 7. The van der Waals surface area contributed by atoms with Crippen molar-refractivity contribution in [1.29, 1.82) is 0 Å². The Kier molecular flexibility index (Phi) is 7.62. The number of amides is 1. The minimum Gasteiger partial charge on any atom is -0.462 e. The van der Waals surface area contributed by atoms with E-state index in [-0.39, 0.29) is 30.1 Å². The van der Waals surface area contributed by atoms with E-state index in [9.17, 15) is 18.4 Å². The minimum atomic E-state index is -0.384. The summed E-state index contributed by atoms with van der Waals surface area (Å²) in [6, 6.07) is 18.9. The number of piperazine rings is 1. The van der Waals surface area contributed by atoms with E-state index in [0.717, 1.165) is 5.69 Å². The lowest BCUT2D eigenvalue weighted by Crippen LogP contribution is -2.49. The molecule has 0 spiro atoms. The summed E-state index contributed by atoms with van der Waals surface area (Å²) < 4.78 is 33.6. The van der Waals surface area contributed by atoms with E-state index in [4.69, 9.17) is 4.74 Å². The van der Waals surface area contributed by atoms with Crippen molar-refractivity contribution in [3.05, 3.63) is 90.0 Å². The highest BCUT2D eigenvalue weighted by Crippen LogP contribution is 2.24. The third-order valence-corrected chi connectivity index (χ3v) is 6.52. The van der Waals surface area contributed by atoms with Crippen LogP contribution in [0.4, 0.5) is 14.5 Å². The topological polar surface area (TPSA) is 80.6 Å². The fourth-order valence-electron chi connectivity index (χ4n) is 4.47. The van der Waals surface area contributed by atoms with Crippen LogP contribution < -0.4 is 4.90 Å². The van der Waals surface area contributed by atoms with Gasteiger partial charge in [0.1, 0.15) is 18.2 Å². The van der Waals surface area contributed by atoms with Gasteiger partial charge in [-0.25, -0.2) is 23.2 Å². The Morgan fingerprint density at radius 3 is 2.15 bits per heavy atom. The molecule has 1 fully saturated rings. The molecule has 200 valence electrons. The molecule has 0 unspecified atom stereocenters. The predicted octanol–water partition coefficient (Wildman–Crippen LogP) is 4.42. The maximum atomic E-state index is 13.5. The van der Waals surface area contributed by atoms with Crippen molar-refractivity contribution in [2.24, 2.45) is 0 Å². The van der Waals surface area contributed by atoms with E-state index < -0.39 is 0 Å². The number of benzene rings is 3. The van der Waals surface area contributed by atoms with Gasteiger partial charge in [-0.15, -0.1) is 5.10 Å². The lowest BCUT2D eigenvalue weighted by atomic mass is 10.1. The van der Waals surface area contributed by atoms with Crippen LogP contribution in [0.2, 0.25) is 0 Å². The summed E-state index contributed by atoms with van der Waals surface area (Å²) in [5.41, 5.74) is 2.59. The molecule has 1 aromatic heterocycles. The Hall–Kier alpha value is -4.60. The molecule has 1 amide bonds. The molecule has 10 heteroatoms. The number of carbonyl (C=O) groups excluding carboxylic acids is 2. The van der Waals surface area contributed by atoms with E-state index in [1.807, 2.05) is 12.1 Å². The number of hydrogen-bond donors (Lipinski definition) is 0. The van der Waals surface area contributed by atoms with Gasteiger partial charge in [-0.3, -0.25) is 4.79 Å². The molecule has 1 aliphatic rings. The first-order valence-corrected chi connectivity index (χ1v) is 12.7. The first kappa shape index (κ1) is 26.0. The first-order chi connectivity index (χ1) is 18.9. The van der Waals surface area contributed by atoms with Gasteiger partial charge in [-0.2, -0.15) is 0 Å². The van der Waals surface area contributed by atoms with Crippen LogP contribution in [0.25, 0.3) is 22.8 Å². The second-order valence-corrected chi connectivity index (χ2v) is 9.07. The van der Waals surface area contributed by atoms with E-state index >= 15 is 0 Å². The van der Waals surface area contributed by atoms with Gasteiger partial charge in [0.05, 0.1) is 12.2 Å². The van der Waals surface area contributed by atoms with Crippen molar-refractivity contribution in [3.63, 3.8) is 0 Å². The van der Waals surface area contributed by atoms with Crippen LogP contribution in [0.1, 0.15) is 17.3 Å². The van der Waals surface area contributed by atoms with Crippen molar-refractivity contribution in [2.45, 2.75) is 13.5 Å². The Labute approximate surface area is 224 Å². The number of halogens is 2. The van der Waals surface area contributed by atoms with Crippen LogP contribution in [0, 0.1) is 11.6 Å². The van der Waals surface area contributed by atoms with E-state index in [1.54, 1.807) is 48.2 Å². The Morgan fingerprint density at radius 1 is 0.872 bits per heavy atom. The van der Waals surface area contributed by atoms with Crippen molar-refractivity contribution in [3.8, 4) is 22.8 Å². The number of ether oxygens (including phenoxy) is 1. The number of aromatic nitrogens is 3. The lowest BCUT2D eigenvalue weighted by molar-refractivity contribution is -0.132. The van der Waals surface area contributed by atoms with Crippen molar-refractivity contribution < 1.29 is 23.1 Å². The normalized spacial score (nSPS) is 13.4. The average Bonchev–Trinajstić information content (AvgIpc) is 3.37. The molecule has 4 aromatic rings. The summed E-state index contributed by atoms with van der Waals surface area (Å²) in [6.45, 7) is 4.20. The second-order valence-electron chi connectivity index (χ2n) is 9.07. The molecule has 3 aromatic carbocycles. The SMILES string of the molecule is CCOC(=O)c1cccc(N2CCN(C(=O)Cn3nc(-c4ccc(F)cc4)nc3-c3ccc(F)cc3)CC2)c1. The molecular formula is C29H27F2N5O3. The van der Waals surface area contributed by atoms with Gasteiger partial charge >= 0.3 is 5.97 Å². The highest BCUT2D eigenvalue weighted by atomic mass is 19.1. The Morgan fingerprint density at radius 2 is 1.51 bits per heavy atom. The number of esters is 1. The van der Waals surface area contributed by atoms with Crippen LogP contribution in [0.15, 0.2) is 72.8 Å². The van der Waals surface area contributed by atoms with Crippen LogP contribution in [0.5, 0.6) is 0 Å². The molecule has 5 rings (SSSR count). The zero-order chi connectivity index (χ0) is 27.4. The summed E-state index contributed by atoms with van der Waals surface area (Å²) >= 11 is 0. The van der Waals surface area contributed by atoms with Gasteiger partial charge in [0.25, 0.3) is 0 Å². The Bertz CT molecular complexity index is 1460. The van der Waals surface area contributed by atoms with E-state index in [1.165, 1.54) is 28.9 Å². The largest absolute Gasteiger partial charge is 0.462 e. The van der Waals surface area contributed by atoms with Gasteiger partial charge < -0.3 is 14.5 Å². The van der Waals surface area contributed by atoms with Crippen LogP contribution >= 0.6 is 0 Å². The monoisotopic (exact) mass is 531 g/mol. The molecule has 0 N–H and O–H groups in total. The molecule has 2 heterocycles. The number of anilines is 1. The summed E-state index contributed by atoms with van der Waals surface area (Å²) in [5.74, 6) is -0.499. The highest BCUT2D eigenvalue weighted by molar-refractivity contribution is 5.90. The predicted molar refractivity (Wildman–Crippen MR) is 142 cm³/mol. The molecular weight excluding hydrogens is 504 g/mol. The molecule has 1 aliphatic heterocycles. The molecule has 0 bridgehead atoms. The van der Waals surface area contributed by atoms with Crippen molar-refractivity contribution in [2.75, 3.05) is 37.7 Å². The first-order valence-electron chi connectivity index (χ1n) is 12.7. The maximum absolute atomic E-state index is 13.5. The van der Waals surface area contributed by atoms with Gasteiger partial charge in [0.15, 0.2) is 11.6 Å². The molecule has 0 aliphatic carbocycles. The third-order valence-electron chi connectivity index (χ3n) is 6.52. The molecule has 8 nitrogen and oxygen atoms in total. The van der Waals surface area contributed by atoms with Crippen LogP contribution in [-0.4, -0.2) is 64.3 Å². The average molecular weight is 532 g/mol. The molecule has 39 heavy (non-hydrogen) atoms. The van der Waals surface area contributed by atoms with Crippen LogP contribution in [0.3, 0.4) is 0 Å². The summed E-state index contributed by atoms with van der Waals surface area (Å²) in [7, 11) is 0. The highest BCUT2D eigenvalue weighted by Gasteiger charge is 2.24. The van der Waals surface area contributed by atoms with Gasteiger partial charge in [-0.1, -0.05) is 6.07 Å². The van der Waals surface area contributed by atoms with E-state index in [0.29, 0.717) is 61.1 Å². The summed E-state index contributed by atoms with van der Waals surface area (Å²) in [5, 5.41) is 4.54. The zero-order valence-electron chi connectivity index (χ0n) is 21.4. The van der Waals surface area contributed by atoms with Crippen molar-refractivity contribution in [1.82, 2.24) is 19.7 Å². The maximum Gasteiger partial charge on any atom is 0.338 e. The molecule has 1 saturated heterocycles. The Balaban J connectivity index is 1.31. The molecule has 0 saturated carbocycles. The molecule has 0 atom stereocenters. The van der Waals surface area contributed by atoms with E-state index in [2.05, 4.69) is 15.0 Å². The number of hydrogen-bond acceptors (Lipinski definition) is 6. The quantitative estimate of drug-likeness (QED) is 0.329. The number of nitrogens with zero attached hydrogens (tertiary/aromatic N) is 5. The summed E-state index contributed by atoms with van der Waals surface area (Å²) in [6.07, 6.45) is 0. The summed E-state index contributed by atoms with van der Waals surface area (Å²) in [4.78, 5) is 33.9. The lowest BCUT2D eigenvalue weighted by Gasteiger charge is -2.36. The fourth-order valence-corrected chi connectivity index (χ4v) is 4.47. The smallest absolute Gasteiger partial charge is 0.338 e. The molecule has 0 radical (unpaired) electrons. The third kappa shape index (κ3) is 5.95. The van der Waals surface area contributed by atoms with Gasteiger partial charge in [0.2, 0.25) is 5.91 Å². The second kappa shape index (κ2) is 11.4. The van der Waals surface area contributed by atoms with Gasteiger partial charge in [0, 0.05) is 43.0 Å². The minimum absolute atomic E-state index is 0.0563. The van der Waals surface area contributed by atoms with Crippen molar-refractivity contribution >= 4 is 17.6 Å².